The van der Waals surface area contributed by atoms with Crippen LogP contribution >= 0.6 is 0 Å². The molecular weight excluding hydrogens is 245 g/mol. The molecule has 17 heavy (non-hydrogen) atoms. The number of nitrogens with zero attached hydrogens (tertiary/aromatic N) is 2. The highest BCUT2D eigenvalue weighted by Crippen LogP contribution is 2.36. The number of pyridine rings is 1. The summed E-state index contributed by atoms with van der Waals surface area (Å²) in [5.74, 6) is -1.10. The minimum absolute atomic E-state index is 0.00576. The molecule has 0 atom stereocenters. The number of methoxy groups -OCH3 is 1. The molecule has 94 valence electrons. The standard InChI is InChI=1S/C8H7F3N2O4/c1-4-5(16-2)3-12-7(6(4)13(14)15)17-8(9,10)11/h3H,1-2H3. The molecule has 0 spiro atoms. The van der Waals surface area contributed by atoms with Crippen LogP contribution in [-0.4, -0.2) is 23.4 Å². The van der Waals surface area contributed by atoms with Gasteiger partial charge in [-0.25, -0.2) is 4.98 Å². The van der Waals surface area contributed by atoms with E-state index in [9.17, 15) is 23.3 Å². The van der Waals surface area contributed by atoms with Crippen molar-refractivity contribution in [2.75, 3.05) is 7.11 Å². The van der Waals surface area contributed by atoms with Gasteiger partial charge in [-0.1, -0.05) is 0 Å². The zero-order chi connectivity index (χ0) is 13.2. The van der Waals surface area contributed by atoms with Gasteiger partial charge in [0.25, 0.3) is 0 Å². The molecule has 0 bridgehead atoms. The molecule has 0 saturated carbocycles. The summed E-state index contributed by atoms with van der Waals surface area (Å²) >= 11 is 0. The molecule has 1 aromatic heterocycles. The number of ether oxygens (including phenoxy) is 2. The lowest BCUT2D eigenvalue weighted by Crippen LogP contribution is -2.19. The summed E-state index contributed by atoms with van der Waals surface area (Å²) in [7, 11) is 1.22. The molecule has 0 N–H and O–H groups in total. The van der Waals surface area contributed by atoms with Crippen LogP contribution in [0.2, 0.25) is 0 Å². The van der Waals surface area contributed by atoms with E-state index in [0.717, 1.165) is 6.20 Å². The van der Waals surface area contributed by atoms with Gasteiger partial charge >= 0.3 is 17.9 Å². The first-order valence-electron chi connectivity index (χ1n) is 4.20. The van der Waals surface area contributed by atoms with E-state index >= 15 is 0 Å². The molecular formula is C8H7F3N2O4. The van der Waals surface area contributed by atoms with Crippen LogP contribution in [-0.2, 0) is 0 Å². The lowest BCUT2D eigenvalue weighted by atomic mass is 10.2. The topological polar surface area (TPSA) is 74.5 Å². The van der Waals surface area contributed by atoms with E-state index in [1.165, 1.54) is 14.0 Å². The Labute approximate surface area is 93.1 Å². The van der Waals surface area contributed by atoms with Crippen LogP contribution in [0.1, 0.15) is 5.56 Å². The van der Waals surface area contributed by atoms with Crippen LogP contribution in [0.4, 0.5) is 18.9 Å². The largest absolute Gasteiger partial charge is 0.574 e. The molecule has 0 radical (unpaired) electrons. The lowest BCUT2D eigenvalue weighted by molar-refractivity contribution is -0.389. The van der Waals surface area contributed by atoms with Gasteiger partial charge in [0.1, 0.15) is 5.75 Å². The number of alkyl halides is 3. The van der Waals surface area contributed by atoms with Gasteiger partial charge in [-0.15, -0.1) is 13.2 Å². The highest BCUT2D eigenvalue weighted by Gasteiger charge is 2.36. The second kappa shape index (κ2) is 4.44. The molecule has 0 aliphatic rings. The van der Waals surface area contributed by atoms with E-state index in [1.807, 2.05) is 0 Å². The van der Waals surface area contributed by atoms with Gasteiger partial charge in [-0.05, 0) is 6.92 Å². The van der Waals surface area contributed by atoms with Gasteiger partial charge in [-0.2, -0.15) is 0 Å². The maximum atomic E-state index is 12.0. The molecule has 0 aliphatic carbocycles. The van der Waals surface area contributed by atoms with Crippen molar-refractivity contribution in [1.29, 1.82) is 0 Å². The van der Waals surface area contributed by atoms with Gasteiger partial charge in [0.15, 0.2) is 0 Å². The van der Waals surface area contributed by atoms with Crippen molar-refractivity contribution in [3.05, 3.63) is 21.9 Å². The molecule has 1 aromatic rings. The SMILES string of the molecule is COc1cnc(OC(F)(F)F)c([N+](=O)[O-])c1C. The third-order valence-corrected chi connectivity index (χ3v) is 1.84. The number of nitro groups is 1. The summed E-state index contributed by atoms with van der Waals surface area (Å²) in [5.41, 5.74) is -0.964. The van der Waals surface area contributed by atoms with E-state index in [4.69, 9.17) is 4.74 Å². The number of hydrogen-bond acceptors (Lipinski definition) is 5. The van der Waals surface area contributed by atoms with E-state index < -0.39 is 22.9 Å². The van der Waals surface area contributed by atoms with E-state index in [-0.39, 0.29) is 11.3 Å². The Balaban J connectivity index is 3.32. The third-order valence-electron chi connectivity index (χ3n) is 1.84. The minimum atomic E-state index is -5.04. The van der Waals surface area contributed by atoms with Crippen LogP contribution in [0.3, 0.4) is 0 Å². The maximum Gasteiger partial charge on any atom is 0.574 e. The highest BCUT2D eigenvalue weighted by molar-refractivity contribution is 5.53. The molecule has 0 fully saturated rings. The highest BCUT2D eigenvalue weighted by atomic mass is 19.4. The normalized spacial score (nSPS) is 11.1. The average molecular weight is 252 g/mol. The summed E-state index contributed by atoms with van der Waals surface area (Å²) in [5, 5.41) is 10.7. The summed E-state index contributed by atoms with van der Waals surface area (Å²) in [6.07, 6.45) is -4.12. The number of hydrogen-bond donors (Lipinski definition) is 0. The Morgan fingerprint density at radius 2 is 2.06 bits per heavy atom. The molecule has 0 amide bonds. The fourth-order valence-electron chi connectivity index (χ4n) is 1.16. The zero-order valence-electron chi connectivity index (χ0n) is 8.74. The predicted molar refractivity (Wildman–Crippen MR) is 48.9 cm³/mol. The number of rotatable bonds is 3. The Morgan fingerprint density at radius 3 is 2.47 bits per heavy atom. The minimum Gasteiger partial charge on any atom is -0.495 e. The molecule has 6 nitrogen and oxygen atoms in total. The molecule has 1 rings (SSSR count). The van der Waals surface area contributed by atoms with Crippen LogP contribution in [0.25, 0.3) is 0 Å². The Hall–Kier alpha value is -2.06. The fraction of sp³-hybridized carbons (Fsp3) is 0.375. The first kappa shape index (κ1) is 13.0. The van der Waals surface area contributed by atoms with Crippen molar-refractivity contribution in [1.82, 2.24) is 4.98 Å². The molecule has 0 unspecified atom stereocenters. The quantitative estimate of drug-likeness (QED) is 0.609. The molecule has 9 heteroatoms. The van der Waals surface area contributed by atoms with Crippen molar-refractivity contribution in [3.63, 3.8) is 0 Å². The summed E-state index contributed by atoms with van der Waals surface area (Å²) < 4.78 is 44.1. The lowest BCUT2D eigenvalue weighted by Gasteiger charge is -2.10. The van der Waals surface area contributed by atoms with Crippen molar-refractivity contribution in [3.8, 4) is 11.6 Å². The Bertz CT molecular complexity index is 447. The fourth-order valence-corrected chi connectivity index (χ4v) is 1.16. The summed E-state index contributed by atoms with van der Waals surface area (Å²) in [6, 6.07) is 0. The van der Waals surface area contributed by atoms with Gasteiger partial charge in [-0.3, -0.25) is 10.1 Å². The molecule has 1 heterocycles. The first-order chi connectivity index (χ1) is 7.76. The van der Waals surface area contributed by atoms with E-state index in [2.05, 4.69) is 9.72 Å². The maximum absolute atomic E-state index is 12.0. The van der Waals surface area contributed by atoms with Crippen molar-refractivity contribution < 1.29 is 27.6 Å². The van der Waals surface area contributed by atoms with Crippen molar-refractivity contribution in [2.24, 2.45) is 0 Å². The second-order valence-electron chi connectivity index (χ2n) is 2.91. The van der Waals surface area contributed by atoms with E-state index in [0.29, 0.717) is 0 Å². The van der Waals surface area contributed by atoms with E-state index in [1.54, 1.807) is 0 Å². The summed E-state index contributed by atoms with van der Waals surface area (Å²) in [4.78, 5) is 12.9. The van der Waals surface area contributed by atoms with Gasteiger partial charge in [0.2, 0.25) is 0 Å². The van der Waals surface area contributed by atoms with Gasteiger partial charge in [0, 0.05) is 0 Å². The van der Waals surface area contributed by atoms with Crippen LogP contribution < -0.4 is 9.47 Å². The van der Waals surface area contributed by atoms with Gasteiger partial charge in [0.05, 0.1) is 23.8 Å². The van der Waals surface area contributed by atoms with Crippen LogP contribution in [0.15, 0.2) is 6.20 Å². The van der Waals surface area contributed by atoms with Gasteiger partial charge < -0.3 is 9.47 Å². The third kappa shape index (κ3) is 2.95. The Kier molecular flexibility index (Phi) is 3.39. The first-order valence-corrected chi connectivity index (χ1v) is 4.20. The zero-order valence-corrected chi connectivity index (χ0v) is 8.74. The average Bonchev–Trinajstić information content (AvgIpc) is 2.14. The number of halogens is 3. The molecule has 0 saturated heterocycles. The Morgan fingerprint density at radius 1 is 1.47 bits per heavy atom. The second-order valence-corrected chi connectivity index (χ2v) is 2.91. The van der Waals surface area contributed by atoms with Crippen LogP contribution in [0, 0.1) is 17.0 Å². The van der Waals surface area contributed by atoms with Crippen molar-refractivity contribution in [2.45, 2.75) is 13.3 Å². The summed E-state index contributed by atoms with van der Waals surface area (Å²) in [6.45, 7) is 1.24. The molecule has 0 aromatic carbocycles. The van der Waals surface area contributed by atoms with Crippen LogP contribution in [0.5, 0.6) is 11.6 Å². The number of aromatic nitrogens is 1. The molecule has 0 aliphatic heterocycles. The smallest absolute Gasteiger partial charge is 0.495 e. The monoisotopic (exact) mass is 252 g/mol. The van der Waals surface area contributed by atoms with Crippen molar-refractivity contribution >= 4 is 5.69 Å². The predicted octanol–water partition coefficient (Wildman–Crippen LogP) is 2.21.